The maximum atomic E-state index is 11.8. The van der Waals surface area contributed by atoms with E-state index < -0.39 is 11.9 Å². The number of phenolic OH excluding ortho intramolecular Hbond substituents is 1. The van der Waals surface area contributed by atoms with Gasteiger partial charge in [0.15, 0.2) is 11.5 Å². The second-order valence-corrected chi connectivity index (χ2v) is 5.19. The first-order chi connectivity index (χ1) is 11.5. The number of para-hydroxylation sites is 1. The Bertz CT molecular complexity index is 700. The number of methoxy groups -OCH3 is 3. The number of phenols is 1. The average Bonchev–Trinajstić information content (AvgIpc) is 2.60. The van der Waals surface area contributed by atoms with Crippen molar-refractivity contribution in [2.75, 3.05) is 21.3 Å². The number of ether oxygens (including phenoxy) is 3. The van der Waals surface area contributed by atoms with E-state index in [-0.39, 0.29) is 23.7 Å². The molecule has 0 saturated carbocycles. The van der Waals surface area contributed by atoms with Gasteiger partial charge in [0.05, 0.1) is 27.2 Å². The molecular weight excluding hydrogens is 312 g/mol. The highest BCUT2D eigenvalue weighted by Gasteiger charge is 2.25. The van der Waals surface area contributed by atoms with Crippen LogP contribution >= 0.6 is 0 Å². The first-order valence-electron chi connectivity index (χ1n) is 7.31. The molecule has 0 fully saturated rings. The normalized spacial score (nSPS) is 11.6. The highest BCUT2D eigenvalue weighted by molar-refractivity contribution is 5.78. The predicted octanol–water partition coefficient (Wildman–Crippen LogP) is 2.83. The van der Waals surface area contributed by atoms with Crippen LogP contribution in [0, 0.1) is 0 Å². The number of hydrogen-bond donors (Lipinski definition) is 2. The van der Waals surface area contributed by atoms with Gasteiger partial charge in [0, 0.05) is 5.56 Å². The van der Waals surface area contributed by atoms with Crippen LogP contribution in [0.3, 0.4) is 0 Å². The first-order valence-corrected chi connectivity index (χ1v) is 7.31. The van der Waals surface area contributed by atoms with Crippen LogP contribution in [0.5, 0.6) is 23.0 Å². The van der Waals surface area contributed by atoms with Crippen molar-refractivity contribution < 1.29 is 29.2 Å². The third-order valence-electron chi connectivity index (χ3n) is 3.79. The second kappa shape index (κ2) is 7.59. The molecule has 2 aromatic rings. The van der Waals surface area contributed by atoms with E-state index in [1.165, 1.54) is 21.3 Å². The third-order valence-corrected chi connectivity index (χ3v) is 3.79. The molecular formula is C18H20O6. The Hall–Kier alpha value is -2.89. The van der Waals surface area contributed by atoms with Gasteiger partial charge in [0.25, 0.3) is 0 Å². The summed E-state index contributed by atoms with van der Waals surface area (Å²) in [5.74, 6) is -0.914. The van der Waals surface area contributed by atoms with E-state index in [0.29, 0.717) is 16.9 Å². The summed E-state index contributed by atoms with van der Waals surface area (Å²) in [5, 5.41) is 19.6. The zero-order valence-corrected chi connectivity index (χ0v) is 13.8. The van der Waals surface area contributed by atoms with Crippen molar-refractivity contribution in [1.29, 1.82) is 0 Å². The molecule has 0 aliphatic carbocycles. The molecule has 1 atom stereocenters. The van der Waals surface area contributed by atoms with E-state index in [1.807, 2.05) is 0 Å². The molecule has 0 amide bonds. The molecule has 0 saturated heterocycles. The predicted molar refractivity (Wildman–Crippen MR) is 88.3 cm³/mol. The van der Waals surface area contributed by atoms with Gasteiger partial charge in [-0.15, -0.1) is 0 Å². The Labute approximate surface area is 140 Å². The van der Waals surface area contributed by atoms with Crippen LogP contribution in [0.4, 0.5) is 0 Å². The van der Waals surface area contributed by atoms with Crippen molar-refractivity contribution in [2.24, 2.45) is 0 Å². The van der Waals surface area contributed by atoms with Gasteiger partial charge < -0.3 is 24.4 Å². The molecule has 0 spiro atoms. The maximum absolute atomic E-state index is 11.8. The third kappa shape index (κ3) is 3.53. The largest absolute Gasteiger partial charge is 0.502 e. The van der Waals surface area contributed by atoms with Crippen molar-refractivity contribution in [3.63, 3.8) is 0 Å². The minimum Gasteiger partial charge on any atom is -0.502 e. The molecule has 0 aliphatic heterocycles. The van der Waals surface area contributed by atoms with Crippen LogP contribution in [0.2, 0.25) is 0 Å². The fourth-order valence-corrected chi connectivity index (χ4v) is 2.59. The van der Waals surface area contributed by atoms with E-state index in [9.17, 15) is 15.0 Å². The number of rotatable bonds is 7. The summed E-state index contributed by atoms with van der Waals surface area (Å²) in [5.41, 5.74) is 1.25. The van der Waals surface area contributed by atoms with Gasteiger partial charge in [-0.2, -0.15) is 0 Å². The van der Waals surface area contributed by atoms with Crippen molar-refractivity contribution in [3.8, 4) is 23.0 Å². The molecule has 0 radical (unpaired) electrons. The van der Waals surface area contributed by atoms with E-state index in [0.717, 1.165) is 0 Å². The quantitative estimate of drug-likeness (QED) is 0.811. The molecule has 0 aliphatic rings. The lowest BCUT2D eigenvalue weighted by Crippen LogP contribution is -2.15. The van der Waals surface area contributed by atoms with Gasteiger partial charge in [-0.05, 0) is 30.2 Å². The van der Waals surface area contributed by atoms with Gasteiger partial charge in [0.1, 0.15) is 5.75 Å². The number of carbonyl (C=O) groups is 1. The van der Waals surface area contributed by atoms with Crippen LogP contribution in [-0.4, -0.2) is 37.5 Å². The lowest BCUT2D eigenvalue weighted by molar-refractivity contribution is -0.138. The molecule has 0 bridgehead atoms. The Morgan fingerprint density at radius 1 is 1.00 bits per heavy atom. The number of carboxylic acid groups (broad SMARTS) is 1. The zero-order valence-electron chi connectivity index (χ0n) is 13.8. The van der Waals surface area contributed by atoms with E-state index in [4.69, 9.17) is 14.2 Å². The van der Waals surface area contributed by atoms with Crippen molar-refractivity contribution in [3.05, 3.63) is 47.5 Å². The smallest absolute Gasteiger partial charge is 0.311 e. The van der Waals surface area contributed by atoms with E-state index in [1.54, 1.807) is 36.4 Å². The van der Waals surface area contributed by atoms with Crippen LogP contribution < -0.4 is 14.2 Å². The molecule has 2 aromatic carbocycles. The van der Waals surface area contributed by atoms with E-state index >= 15 is 0 Å². The van der Waals surface area contributed by atoms with Crippen LogP contribution in [-0.2, 0) is 11.2 Å². The fourth-order valence-electron chi connectivity index (χ4n) is 2.59. The summed E-state index contributed by atoms with van der Waals surface area (Å²) < 4.78 is 15.5. The highest BCUT2D eigenvalue weighted by atomic mass is 16.5. The lowest BCUT2D eigenvalue weighted by Gasteiger charge is -2.17. The minimum absolute atomic E-state index is 0.118. The molecule has 1 unspecified atom stereocenters. The number of aliphatic carboxylic acids is 1. The standard InChI is InChI=1S/C18H20O6/c1-22-14-7-5-4-6-12(14)13(18(20)21)8-11-9-15(23-2)17(19)16(10-11)24-3/h4-7,9-10,13,19H,8H2,1-3H3,(H,20,21). The zero-order chi connectivity index (χ0) is 17.7. The first kappa shape index (κ1) is 17.5. The lowest BCUT2D eigenvalue weighted by atomic mass is 9.91. The number of hydrogen-bond acceptors (Lipinski definition) is 5. The van der Waals surface area contributed by atoms with Crippen LogP contribution in [0.25, 0.3) is 0 Å². The average molecular weight is 332 g/mol. The van der Waals surface area contributed by atoms with Gasteiger partial charge in [0.2, 0.25) is 5.75 Å². The Morgan fingerprint density at radius 2 is 1.54 bits per heavy atom. The van der Waals surface area contributed by atoms with Crippen LogP contribution in [0.1, 0.15) is 17.0 Å². The number of aromatic hydroxyl groups is 1. The molecule has 0 heterocycles. The molecule has 6 nitrogen and oxygen atoms in total. The van der Waals surface area contributed by atoms with Gasteiger partial charge in [-0.1, -0.05) is 18.2 Å². The van der Waals surface area contributed by atoms with Crippen LogP contribution in [0.15, 0.2) is 36.4 Å². The Morgan fingerprint density at radius 3 is 2.04 bits per heavy atom. The van der Waals surface area contributed by atoms with Gasteiger partial charge >= 0.3 is 5.97 Å². The van der Waals surface area contributed by atoms with E-state index in [2.05, 4.69) is 0 Å². The summed E-state index contributed by atoms with van der Waals surface area (Å²) in [6.07, 6.45) is 0.197. The Balaban J connectivity index is 2.44. The maximum Gasteiger partial charge on any atom is 0.311 e. The highest BCUT2D eigenvalue weighted by Crippen LogP contribution is 2.39. The molecule has 6 heteroatoms. The SMILES string of the molecule is COc1ccccc1C(Cc1cc(OC)c(O)c(OC)c1)C(=O)O. The topological polar surface area (TPSA) is 85.2 Å². The summed E-state index contributed by atoms with van der Waals surface area (Å²) >= 11 is 0. The summed E-state index contributed by atoms with van der Waals surface area (Å²) in [7, 11) is 4.35. The molecule has 128 valence electrons. The minimum atomic E-state index is -0.967. The van der Waals surface area contributed by atoms with Crippen molar-refractivity contribution in [2.45, 2.75) is 12.3 Å². The number of benzene rings is 2. The Kier molecular flexibility index (Phi) is 5.52. The van der Waals surface area contributed by atoms with Gasteiger partial charge in [-0.25, -0.2) is 0 Å². The van der Waals surface area contributed by atoms with Crippen molar-refractivity contribution >= 4 is 5.97 Å². The number of carboxylic acids is 1. The molecule has 0 aromatic heterocycles. The fraction of sp³-hybridized carbons (Fsp3) is 0.278. The molecule has 2 rings (SSSR count). The molecule has 24 heavy (non-hydrogen) atoms. The monoisotopic (exact) mass is 332 g/mol. The summed E-state index contributed by atoms with van der Waals surface area (Å²) in [4.78, 5) is 11.8. The molecule has 2 N–H and O–H groups in total. The summed E-state index contributed by atoms with van der Waals surface area (Å²) in [6.45, 7) is 0. The second-order valence-electron chi connectivity index (χ2n) is 5.19. The van der Waals surface area contributed by atoms with Crippen molar-refractivity contribution in [1.82, 2.24) is 0 Å². The summed E-state index contributed by atoms with van der Waals surface area (Å²) in [6, 6.07) is 10.2. The van der Waals surface area contributed by atoms with Gasteiger partial charge in [-0.3, -0.25) is 4.79 Å².